The second kappa shape index (κ2) is 4.39. The number of H-pyrrole nitrogens is 1. The van der Waals surface area contributed by atoms with Gasteiger partial charge in [-0.2, -0.15) is 5.10 Å². The molecule has 0 amide bonds. The quantitative estimate of drug-likeness (QED) is 0.660. The minimum absolute atomic E-state index is 0. The summed E-state index contributed by atoms with van der Waals surface area (Å²) in [6.45, 7) is 7.13. The van der Waals surface area contributed by atoms with Crippen molar-refractivity contribution < 1.29 is 1.43 Å². The van der Waals surface area contributed by atoms with Crippen molar-refractivity contribution in [2.24, 2.45) is 0 Å². The van der Waals surface area contributed by atoms with Crippen LogP contribution in [0.3, 0.4) is 0 Å². The summed E-state index contributed by atoms with van der Waals surface area (Å²) in [6, 6.07) is 8.40. The first kappa shape index (κ1) is 10.7. The summed E-state index contributed by atoms with van der Waals surface area (Å²) in [5.74, 6) is 0. The number of hydrogen-bond donors (Lipinski definition) is 1. The second-order valence-electron chi connectivity index (χ2n) is 3.39. The van der Waals surface area contributed by atoms with Crippen molar-refractivity contribution in [1.29, 1.82) is 0 Å². The molecule has 0 fully saturated rings. The predicted octanol–water partition coefficient (Wildman–Crippen LogP) is 3.81. The van der Waals surface area contributed by atoms with Crippen LogP contribution < -0.4 is 0 Å². The van der Waals surface area contributed by atoms with Crippen LogP contribution >= 0.6 is 0 Å². The summed E-state index contributed by atoms with van der Waals surface area (Å²) < 4.78 is 2.27. The van der Waals surface area contributed by atoms with E-state index in [0.717, 1.165) is 12.1 Å². The van der Waals surface area contributed by atoms with Gasteiger partial charge in [-0.3, -0.25) is 5.10 Å². The van der Waals surface area contributed by atoms with Crippen molar-refractivity contribution in [3.63, 3.8) is 0 Å². The SMILES string of the molecule is CC.CCn1c2ccccc2c2[nH]ncc21.[HH]. The molecule has 3 heteroatoms. The lowest BCUT2D eigenvalue weighted by atomic mass is 10.2. The molecule has 3 rings (SSSR count). The fraction of sp³-hybridized carbons (Fsp3) is 0.308. The van der Waals surface area contributed by atoms with Crippen LogP contribution in [0.1, 0.15) is 22.2 Å². The Hall–Kier alpha value is -1.77. The number of para-hydroxylation sites is 1. The molecule has 0 aliphatic rings. The largest absolute Gasteiger partial charge is 0.338 e. The van der Waals surface area contributed by atoms with Gasteiger partial charge in [0, 0.05) is 13.4 Å². The molecule has 0 aliphatic carbocycles. The topological polar surface area (TPSA) is 33.6 Å². The third-order valence-electron chi connectivity index (χ3n) is 2.69. The number of aryl methyl sites for hydroxylation is 1. The van der Waals surface area contributed by atoms with Gasteiger partial charge in [0.1, 0.15) is 0 Å². The number of aromatic amines is 1. The summed E-state index contributed by atoms with van der Waals surface area (Å²) in [4.78, 5) is 0. The highest BCUT2D eigenvalue weighted by molar-refractivity contribution is 6.05. The van der Waals surface area contributed by atoms with Crippen LogP contribution in [-0.2, 0) is 6.54 Å². The van der Waals surface area contributed by atoms with E-state index in [1.807, 2.05) is 20.0 Å². The molecule has 0 atom stereocenters. The Balaban J connectivity index is 0.000000459. The summed E-state index contributed by atoms with van der Waals surface area (Å²) in [6.07, 6.45) is 1.89. The lowest BCUT2D eigenvalue weighted by molar-refractivity contribution is 0.827. The predicted molar refractivity (Wildman–Crippen MR) is 70.7 cm³/mol. The van der Waals surface area contributed by atoms with Crippen LogP contribution in [0.25, 0.3) is 21.9 Å². The highest BCUT2D eigenvalue weighted by atomic mass is 15.1. The van der Waals surface area contributed by atoms with Gasteiger partial charge in [-0.25, -0.2) is 0 Å². The molecule has 0 saturated heterocycles. The Morgan fingerprint density at radius 1 is 1.25 bits per heavy atom. The molecule has 86 valence electrons. The molecule has 0 unspecified atom stereocenters. The highest BCUT2D eigenvalue weighted by Crippen LogP contribution is 2.26. The molecule has 0 saturated carbocycles. The first-order valence-electron chi connectivity index (χ1n) is 5.82. The van der Waals surface area contributed by atoms with Crippen molar-refractivity contribution in [3.8, 4) is 0 Å². The molecule has 2 heterocycles. The summed E-state index contributed by atoms with van der Waals surface area (Å²) in [5, 5.41) is 8.37. The molecular formula is C13H19N3. The maximum absolute atomic E-state index is 4.07. The molecule has 1 N–H and O–H groups in total. The molecule has 1 aromatic carbocycles. The van der Waals surface area contributed by atoms with E-state index in [-0.39, 0.29) is 1.43 Å². The summed E-state index contributed by atoms with van der Waals surface area (Å²) in [5.41, 5.74) is 3.61. The lowest BCUT2D eigenvalue weighted by Crippen LogP contribution is -1.91. The maximum atomic E-state index is 4.07. The van der Waals surface area contributed by atoms with Crippen molar-refractivity contribution in [2.45, 2.75) is 27.3 Å². The molecule has 3 aromatic rings. The lowest BCUT2D eigenvalue weighted by Gasteiger charge is -1.99. The van der Waals surface area contributed by atoms with Gasteiger partial charge in [-0.15, -0.1) is 0 Å². The van der Waals surface area contributed by atoms with Gasteiger partial charge in [0.15, 0.2) is 0 Å². The molecule has 16 heavy (non-hydrogen) atoms. The number of benzene rings is 1. The zero-order valence-corrected chi connectivity index (χ0v) is 9.99. The zero-order chi connectivity index (χ0) is 11.5. The fourth-order valence-electron chi connectivity index (χ4n) is 2.07. The van der Waals surface area contributed by atoms with E-state index in [4.69, 9.17) is 0 Å². The molecule has 0 aliphatic heterocycles. The number of rotatable bonds is 1. The monoisotopic (exact) mass is 217 g/mol. The molecule has 2 aromatic heterocycles. The van der Waals surface area contributed by atoms with Gasteiger partial charge < -0.3 is 4.57 Å². The van der Waals surface area contributed by atoms with Crippen LogP contribution in [0.5, 0.6) is 0 Å². The number of fused-ring (bicyclic) bond motifs is 3. The van der Waals surface area contributed by atoms with Crippen LogP contribution in [0, 0.1) is 0 Å². The number of nitrogens with zero attached hydrogens (tertiary/aromatic N) is 2. The van der Waals surface area contributed by atoms with E-state index in [1.54, 1.807) is 0 Å². The average Bonchev–Trinajstić information content (AvgIpc) is 2.91. The van der Waals surface area contributed by atoms with Crippen molar-refractivity contribution in [3.05, 3.63) is 30.5 Å². The molecule has 0 spiro atoms. The third kappa shape index (κ3) is 1.40. The minimum atomic E-state index is 0. The molecule has 0 radical (unpaired) electrons. The Morgan fingerprint density at radius 2 is 2.00 bits per heavy atom. The van der Waals surface area contributed by atoms with E-state index in [9.17, 15) is 0 Å². The van der Waals surface area contributed by atoms with Crippen molar-refractivity contribution in [2.75, 3.05) is 0 Å². The minimum Gasteiger partial charge on any atom is -0.338 e. The zero-order valence-electron chi connectivity index (χ0n) is 9.99. The third-order valence-corrected chi connectivity index (χ3v) is 2.69. The van der Waals surface area contributed by atoms with Gasteiger partial charge >= 0.3 is 0 Å². The highest BCUT2D eigenvalue weighted by Gasteiger charge is 2.09. The molecular weight excluding hydrogens is 198 g/mol. The van der Waals surface area contributed by atoms with Gasteiger partial charge in [0.25, 0.3) is 0 Å². The van der Waals surface area contributed by atoms with Crippen LogP contribution in [-0.4, -0.2) is 14.8 Å². The summed E-state index contributed by atoms with van der Waals surface area (Å²) >= 11 is 0. The number of aromatic nitrogens is 3. The van der Waals surface area contributed by atoms with Crippen molar-refractivity contribution in [1.82, 2.24) is 14.8 Å². The van der Waals surface area contributed by atoms with Gasteiger partial charge in [0.2, 0.25) is 0 Å². The van der Waals surface area contributed by atoms with Gasteiger partial charge in [-0.1, -0.05) is 32.0 Å². The van der Waals surface area contributed by atoms with Gasteiger partial charge in [0.05, 0.1) is 22.7 Å². The van der Waals surface area contributed by atoms with Gasteiger partial charge in [-0.05, 0) is 13.0 Å². The maximum Gasteiger partial charge on any atom is 0.0908 e. The van der Waals surface area contributed by atoms with Crippen molar-refractivity contribution >= 4 is 21.9 Å². The number of hydrogen-bond acceptors (Lipinski definition) is 1. The molecule has 0 bridgehead atoms. The van der Waals surface area contributed by atoms with E-state index >= 15 is 0 Å². The van der Waals surface area contributed by atoms with E-state index in [2.05, 4.69) is 46.0 Å². The first-order chi connectivity index (χ1) is 7.92. The smallest absolute Gasteiger partial charge is 0.0908 e. The van der Waals surface area contributed by atoms with Crippen LogP contribution in [0.15, 0.2) is 30.5 Å². The Bertz CT molecular complexity index is 595. The fourth-order valence-corrected chi connectivity index (χ4v) is 2.07. The first-order valence-corrected chi connectivity index (χ1v) is 5.82. The Morgan fingerprint density at radius 3 is 2.75 bits per heavy atom. The number of nitrogens with one attached hydrogen (secondary N) is 1. The normalized spacial score (nSPS) is 10.4. The second-order valence-corrected chi connectivity index (χ2v) is 3.39. The van der Waals surface area contributed by atoms with Crippen LogP contribution in [0.4, 0.5) is 0 Å². The van der Waals surface area contributed by atoms with E-state index in [1.165, 1.54) is 16.4 Å². The van der Waals surface area contributed by atoms with E-state index in [0.29, 0.717) is 0 Å². The standard InChI is InChI=1S/C11H11N3.C2H6.H2/c1-2-14-9-6-4-3-5-8(9)11-10(14)7-12-13-11;1-2;/h3-7H,2H2,1H3,(H,12,13);1-2H3;1H. The Labute approximate surface area is 96.6 Å². The van der Waals surface area contributed by atoms with Crippen LogP contribution in [0.2, 0.25) is 0 Å². The summed E-state index contributed by atoms with van der Waals surface area (Å²) in [7, 11) is 0. The average molecular weight is 217 g/mol. The Kier molecular flexibility index (Phi) is 2.95. The van der Waals surface area contributed by atoms with E-state index < -0.39 is 0 Å². The molecule has 3 nitrogen and oxygen atoms in total.